The van der Waals surface area contributed by atoms with Gasteiger partial charge in [0.25, 0.3) is 10.0 Å². The summed E-state index contributed by atoms with van der Waals surface area (Å²) in [5, 5.41) is 0.249. The maximum Gasteiger partial charge on any atom is 0.264 e. The highest BCUT2D eigenvalue weighted by atomic mass is 35.5. The fraction of sp³-hybridized carbons (Fsp3) is 0.138. The molecule has 4 rings (SSSR count). The van der Waals surface area contributed by atoms with Crippen molar-refractivity contribution < 1.29 is 13.2 Å². The van der Waals surface area contributed by atoms with Crippen LogP contribution in [0, 0.1) is 6.92 Å². The number of amides is 1. The molecular formula is C29H27ClN2O3S. The lowest BCUT2D eigenvalue weighted by Gasteiger charge is -2.29. The summed E-state index contributed by atoms with van der Waals surface area (Å²) < 4.78 is 28.6. The van der Waals surface area contributed by atoms with Crippen LogP contribution in [0.2, 0.25) is 5.02 Å². The highest BCUT2D eigenvalue weighted by Crippen LogP contribution is 2.30. The lowest BCUT2D eigenvalue weighted by molar-refractivity contribution is -0.130. The normalized spacial score (nSPS) is 11.2. The molecule has 0 N–H and O–H groups in total. The number of hydrogen-bond donors (Lipinski definition) is 0. The van der Waals surface area contributed by atoms with Gasteiger partial charge in [0.2, 0.25) is 5.91 Å². The average Bonchev–Trinajstić information content (AvgIpc) is 2.89. The number of hydrogen-bond acceptors (Lipinski definition) is 3. The first-order chi connectivity index (χ1) is 17.3. The van der Waals surface area contributed by atoms with Gasteiger partial charge in [-0.3, -0.25) is 9.10 Å². The van der Waals surface area contributed by atoms with Crippen LogP contribution in [0.15, 0.2) is 114 Å². The monoisotopic (exact) mass is 518 g/mol. The first-order valence-corrected chi connectivity index (χ1v) is 13.4. The fourth-order valence-electron chi connectivity index (χ4n) is 3.85. The van der Waals surface area contributed by atoms with E-state index in [2.05, 4.69) is 0 Å². The SMILES string of the molecule is Cc1ccc(S(=O)(=O)N(CC(=O)N(Cc2ccccc2)Cc2ccccc2)c2ccccc2Cl)cc1. The summed E-state index contributed by atoms with van der Waals surface area (Å²) in [7, 11) is -4.07. The van der Waals surface area contributed by atoms with Crippen LogP contribution in [0.3, 0.4) is 0 Å². The van der Waals surface area contributed by atoms with E-state index in [1.165, 1.54) is 0 Å². The quantitative estimate of drug-likeness (QED) is 0.270. The van der Waals surface area contributed by atoms with Gasteiger partial charge in [0.1, 0.15) is 6.54 Å². The second-order valence-electron chi connectivity index (χ2n) is 8.50. The van der Waals surface area contributed by atoms with Crippen LogP contribution in [-0.2, 0) is 27.9 Å². The van der Waals surface area contributed by atoms with E-state index < -0.39 is 10.0 Å². The van der Waals surface area contributed by atoms with Crippen molar-refractivity contribution >= 4 is 33.2 Å². The zero-order valence-electron chi connectivity index (χ0n) is 19.9. The number of carbonyl (C=O) groups is 1. The van der Waals surface area contributed by atoms with Crippen LogP contribution in [0.5, 0.6) is 0 Å². The topological polar surface area (TPSA) is 57.7 Å². The van der Waals surface area contributed by atoms with Gasteiger partial charge in [-0.2, -0.15) is 0 Å². The molecule has 36 heavy (non-hydrogen) atoms. The molecule has 4 aromatic rings. The van der Waals surface area contributed by atoms with Crippen LogP contribution in [-0.4, -0.2) is 25.8 Å². The van der Waals surface area contributed by atoms with E-state index in [4.69, 9.17) is 11.6 Å². The van der Waals surface area contributed by atoms with Crippen molar-refractivity contribution in [3.8, 4) is 0 Å². The molecule has 4 aromatic carbocycles. The van der Waals surface area contributed by atoms with Gasteiger partial charge in [-0.05, 0) is 42.3 Å². The van der Waals surface area contributed by atoms with Crippen molar-refractivity contribution in [1.82, 2.24) is 4.90 Å². The molecule has 0 aromatic heterocycles. The number of anilines is 1. The molecular weight excluding hydrogens is 492 g/mol. The van der Waals surface area contributed by atoms with Crippen LogP contribution in [0.1, 0.15) is 16.7 Å². The fourth-order valence-corrected chi connectivity index (χ4v) is 5.57. The molecule has 0 saturated carbocycles. The molecule has 0 unspecified atom stereocenters. The van der Waals surface area contributed by atoms with E-state index in [0.717, 1.165) is 21.0 Å². The van der Waals surface area contributed by atoms with Gasteiger partial charge in [0, 0.05) is 13.1 Å². The van der Waals surface area contributed by atoms with Crippen LogP contribution < -0.4 is 4.31 Å². The Hall–Kier alpha value is -3.61. The molecule has 0 aliphatic carbocycles. The van der Waals surface area contributed by atoms with Gasteiger partial charge < -0.3 is 4.90 Å². The molecule has 0 fully saturated rings. The molecule has 0 heterocycles. The predicted octanol–water partition coefficient (Wildman–Crippen LogP) is 6.07. The van der Waals surface area contributed by atoms with Crippen molar-refractivity contribution in [2.75, 3.05) is 10.8 Å². The first-order valence-electron chi connectivity index (χ1n) is 11.5. The number of carbonyl (C=O) groups excluding carboxylic acids is 1. The van der Waals surface area contributed by atoms with Gasteiger partial charge in [-0.15, -0.1) is 0 Å². The Morgan fingerprint density at radius 3 is 1.75 bits per heavy atom. The summed E-state index contributed by atoms with van der Waals surface area (Å²) in [5.41, 5.74) is 3.10. The maximum atomic E-state index is 13.8. The van der Waals surface area contributed by atoms with E-state index in [0.29, 0.717) is 13.1 Å². The van der Waals surface area contributed by atoms with Gasteiger partial charge in [-0.25, -0.2) is 8.42 Å². The third-order valence-corrected chi connectivity index (χ3v) is 7.89. The summed E-state index contributed by atoms with van der Waals surface area (Å²) >= 11 is 6.43. The first kappa shape index (κ1) is 25.5. The maximum absolute atomic E-state index is 13.8. The van der Waals surface area contributed by atoms with Crippen LogP contribution in [0.25, 0.3) is 0 Å². The molecule has 0 radical (unpaired) electrons. The Morgan fingerprint density at radius 2 is 1.22 bits per heavy atom. The van der Waals surface area contributed by atoms with Crippen LogP contribution >= 0.6 is 11.6 Å². The number of para-hydroxylation sites is 1. The van der Waals surface area contributed by atoms with Gasteiger partial charge >= 0.3 is 0 Å². The summed E-state index contributed by atoms with van der Waals surface area (Å²) in [6.45, 7) is 2.18. The molecule has 7 heteroatoms. The third-order valence-electron chi connectivity index (χ3n) is 5.79. The zero-order valence-corrected chi connectivity index (χ0v) is 21.5. The van der Waals surface area contributed by atoms with Gasteiger partial charge in [-0.1, -0.05) is 102 Å². The van der Waals surface area contributed by atoms with Gasteiger partial charge in [0.05, 0.1) is 15.6 Å². The van der Waals surface area contributed by atoms with Gasteiger partial charge in [0.15, 0.2) is 0 Å². The molecule has 0 atom stereocenters. The molecule has 0 aliphatic rings. The zero-order chi connectivity index (χ0) is 25.5. The number of benzene rings is 4. The Kier molecular flexibility index (Phi) is 8.08. The largest absolute Gasteiger partial charge is 0.332 e. The predicted molar refractivity (Wildman–Crippen MR) is 144 cm³/mol. The summed E-state index contributed by atoms with van der Waals surface area (Å²) in [6, 6.07) is 32.5. The second-order valence-corrected chi connectivity index (χ2v) is 10.8. The summed E-state index contributed by atoms with van der Waals surface area (Å²) in [5.74, 6) is -0.335. The number of sulfonamides is 1. The number of aryl methyl sites for hydroxylation is 1. The third kappa shape index (κ3) is 6.14. The van der Waals surface area contributed by atoms with Crippen molar-refractivity contribution in [3.05, 3.63) is 131 Å². The van der Waals surface area contributed by atoms with E-state index in [1.807, 2.05) is 67.6 Å². The Bertz CT molecular complexity index is 1370. The molecule has 0 aliphatic heterocycles. The van der Waals surface area contributed by atoms with E-state index in [9.17, 15) is 13.2 Å². The highest BCUT2D eigenvalue weighted by Gasteiger charge is 2.30. The molecule has 0 spiro atoms. The molecule has 1 amide bonds. The Morgan fingerprint density at radius 1 is 0.722 bits per heavy atom. The van der Waals surface area contributed by atoms with Crippen molar-refractivity contribution in [3.63, 3.8) is 0 Å². The lowest BCUT2D eigenvalue weighted by Crippen LogP contribution is -2.42. The smallest absolute Gasteiger partial charge is 0.264 e. The summed E-state index contributed by atoms with van der Waals surface area (Å²) in [4.78, 5) is 15.5. The van der Waals surface area contributed by atoms with Crippen molar-refractivity contribution in [2.45, 2.75) is 24.9 Å². The second kappa shape index (κ2) is 11.4. The summed E-state index contributed by atoms with van der Waals surface area (Å²) in [6.07, 6.45) is 0. The number of nitrogens with zero attached hydrogens (tertiary/aromatic N) is 2. The molecule has 184 valence electrons. The Balaban J connectivity index is 1.71. The minimum atomic E-state index is -4.07. The molecule has 0 saturated heterocycles. The number of rotatable bonds is 9. The number of halogens is 1. The highest BCUT2D eigenvalue weighted by molar-refractivity contribution is 7.92. The molecule has 0 bridgehead atoms. The lowest BCUT2D eigenvalue weighted by atomic mass is 10.1. The van der Waals surface area contributed by atoms with E-state index in [1.54, 1.807) is 53.4 Å². The van der Waals surface area contributed by atoms with Crippen molar-refractivity contribution in [1.29, 1.82) is 0 Å². The van der Waals surface area contributed by atoms with Crippen LogP contribution in [0.4, 0.5) is 5.69 Å². The minimum Gasteiger partial charge on any atom is -0.332 e. The Labute approximate surface area is 217 Å². The average molecular weight is 519 g/mol. The standard InChI is InChI=1S/C29H27ClN2O3S/c1-23-16-18-26(19-17-23)36(34,35)32(28-15-9-8-14-27(28)30)22-29(33)31(20-24-10-4-2-5-11-24)21-25-12-6-3-7-13-25/h2-19H,20-22H2,1H3. The minimum absolute atomic E-state index is 0.0958. The molecule has 5 nitrogen and oxygen atoms in total. The van der Waals surface area contributed by atoms with E-state index in [-0.39, 0.29) is 28.1 Å². The van der Waals surface area contributed by atoms with E-state index >= 15 is 0 Å². The van der Waals surface area contributed by atoms with Crippen molar-refractivity contribution in [2.24, 2.45) is 0 Å².